The molecule has 1 aliphatic rings. The number of methoxy groups -OCH3 is 1. The normalized spacial score (nSPS) is 20.0. The molecule has 1 rings (SSSR count). The van der Waals surface area contributed by atoms with Gasteiger partial charge in [0, 0.05) is 32.1 Å². The number of hydrogen-bond donors (Lipinski definition) is 6. The van der Waals surface area contributed by atoms with Crippen molar-refractivity contribution in [1.82, 2.24) is 16.0 Å². The average Bonchev–Trinajstić information content (AvgIpc) is 3.28. The highest BCUT2D eigenvalue weighted by Gasteiger charge is 2.47. The summed E-state index contributed by atoms with van der Waals surface area (Å²) in [6.07, 6.45) is 14.9. The zero-order valence-corrected chi connectivity index (χ0v) is 40.5. The van der Waals surface area contributed by atoms with Crippen molar-refractivity contribution in [2.24, 2.45) is 11.7 Å². The number of aliphatic hydroxyl groups is 2. The van der Waals surface area contributed by atoms with Crippen molar-refractivity contribution >= 4 is 47.6 Å². The molecule has 1 heterocycles. The fraction of sp³-hybridized carbons (Fsp3) is 0.833. The first-order valence-corrected chi connectivity index (χ1v) is 24.6. The van der Waals surface area contributed by atoms with Crippen LogP contribution in [0.4, 0.5) is 0 Å². The maximum absolute atomic E-state index is 13.5. The fourth-order valence-electron chi connectivity index (χ4n) is 7.92. The van der Waals surface area contributed by atoms with Gasteiger partial charge in [0.2, 0.25) is 23.6 Å². The van der Waals surface area contributed by atoms with Gasteiger partial charge in [0.15, 0.2) is 6.29 Å². The topological polar surface area (TPSA) is 276 Å². The van der Waals surface area contributed by atoms with Gasteiger partial charge in [-0.2, -0.15) is 0 Å². The van der Waals surface area contributed by atoms with E-state index in [9.17, 15) is 48.6 Å². The lowest BCUT2D eigenvalue weighted by molar-refractivity contribution is -0.267. The molecule has 1 aliphatic heterocycles. The van der Waals surface area contributed by atoms with E-state index in [1.807, 2.05) is 0 Å². The van der Waals surface area contributed by atoms with E-state index in [4.69, 9.17) is 19.9 Å². The molecular weight excluding hydrogens is 857 g/mol. The number of primary amides is 1. The SMILES string of the molecule is CCCCCCCCCCCC(=O)[C@H](CCCCCCCCCCCCC=O)CC(=O)OC[C@H]1OC(O)[C@H](NC(C)=O)[C@H](OC(C)C(=O)N[C@@H](C)C(=O)N[C@H](CCC(=O)OC)C(N)=O)[C@@H]1O. The Bertz CT molecular complexity index is 1450. The smallest absolute Gasteiger partial charge is 0.306 e. The first kappa shape index (κ1) is 60.0. The first-order valence-electron chi connectivity index (χ1n) is 24.6. The average molecular weight is 941 g/mol. The molecule has 2 unspecified atom stereocenters. The first-order chi connectivity index (χ1) is 31.6. The Morgan fingerprint density at radius 2 is 1.29 bits per heavy atom. The van der Waals surface area contributed by atoms with Gasteiger partial charge >= 0.3 is 11.9 Å². The summed E-state index contributed by atoms with van der Waals surface area (Å²) in [5.74, 6) is -4.95. The highest BCUT2D eigenvalue weighted by Crippen LogP contribution is 2.26. The molecule has 18 nitrogen and oxygen atoms in total. The van der Waals surface area contributed by atoms with Crippen LogP contribution in [0.2, 0.25) is 0 Å². The number of nitrogens with one attached hydrogen (secondary N) is 3. The number of nitrogens with two attached hydrogens (primary N) is 1. The number of carbonyl (C=O) groups is 8. The van der Waals surface area contributed by atoms with E-state index >= 15 is 0 Å². The third kappa shape index (κ3) is 26.4. The van der Waals surface area contributed by atoms with E-state index in [0.717, 1.165) is 96.2 Å². The number of aliphatic hydroxyl groups excluding tert-OH is 2. The minimum atomic E-state index is -1.76. The molecule has 0 aromatic rings. The molecule has 0 radical (unpaired) electrons. The summed E-state index contributed by atoms with van der Waals surface area (Å²) in [6, 6.07) is -3.82. The number of ether oxygens (including phenoxy) is 4. The molecule has 0 aromatic carbocycles. The number of rotatable bonds is 39. The van der Waals surface area contributed by atoms with E-state index in [1.165, 1.54) is 60.0 Å². The minimum absolute atomic E-state index is 0.0192. The lowest BCUT2D eigenvalue weighted by atomic mass is 9.90. The molecule has 0 aliphatic carbocycles. The summed E-state index contributed by atoms with van der Waals surface area (Å²) in [6.45, 7) is 5.47. The predicted molar refractivity (Wildman–Crippen MR) is 246 cm³/mol. The van der Waals surface area contributed by atoms with Gasteiger partial charge in [-0.1, -0.05) is 116 Å². The zero-order chi connectivity index (χ0) is 49.3. The van der Waals surface area contributed by atoms with Crippen LogP contribution in [-0.4, -0.2) is 120 Å². The number of esters is 2. The molecule has 0 saturated carbocycles. The largest absolute Gasteiger partial charge is 0.469 e. The minimum Gasteiger partial charge on any atom is -0.469 e. The Hall–Kier alpha value is -4.00. The van der Waals surface area contributed by atoms with Crippen molar-refractivity contribution in [3.8, 4) is 0 Å². The second kappa shape index (κ2) is 36.1. The molecular formula is C48H84N4O14. The molecule has 0 aromatic heterocycles. The molecule has 1 fully saturated rings. The molecule has 4 amide bonds. The summed E-state index contributed by atoms with van der Waals surface area (Å²) in [5, 5.41) is 29.6. The van der Waals surface area contributed by atoms with E-state index in [0.29, 0.717) is 19.3 Å². The number of hydrogen-bond acceptors (Lipinski definition) is 14. The van der Waals surface area contributed by atoms with Gasteiger partial charge in [0.05, 0.1) is 13.5 Å². The molecule has 9 atom stereocenters. The lowest BCUT2D eigenvalue weighted by Crippen LogP contribution is -2.66. The van der Waals surface area contributed by atoms with Crippen molar-refractivity contribution in [2.75, 3.05) is 13.7 Å². The second-order valence-electron chi connectivity index (χ2n) is 17.7. The van der Waals surface area contributed by atoms with Gasteiger partial charge in [0.1, 0.15) is 61.2 Å². The lowest BCUT2D eigenvalue weighted by Gasteiger charge is -2.43. The molecule has 0 bridgehead atoms. The predicted octanol–water partition coefficient (Wildman–Crippen LogP) is 4.69. The number of carbonyl (C=O) groups excluding carboxylic acids is 8. The summed E-state index contributed by atoms with van der Waals surface area (Å²) in [7, 11) is 1.17. The van der Waals surface area contributed by atoms with Crippen LogP contribution in [-0.2, 0) is 57.3 Å². The highest BCUT2D eigenvalue weighted by molar-refractivity contribution is 5.92. The summed E-state index contributed by atoms with van der Waals surface area (Å²) in [5.41, 5.74) is 5.37. The van der Waals surface area contributed by atoms with E-state index in [-0.39, 0.29) is 25.0 Å². The van der Waals surface area contributed by atoms with Crippen LogP contribution in [0, 0.1) is 5.92 Å². The standard InChI is InChI=1S/C48H84N4O14/c1-6-7-8-9-10-14-18-21-24-27-38(55)36(26-23-20-17-15-12-11-13-16-19-22-25-30-53)31-41(57)64-32-39-43(58)44(42(48(62)66-39)51-35(4)54)65-34(3)47(61)50-33(2)46(60)52-37(45(49)59)28-29-40(56)63-5/h30,33-34,36-37,39,42-44,48,58,62H,6-29,31-32H2,1-5H3,(H2,49,59)(H,50,61)(H,51,54)(H,52,60)/t33-,34?,36+,37+,39+,42+,43+,44-,48?/m0/s1. The maximum Gasteiger partial charge on any atom is 0.306 e. The Morgan fingerprint density at radius 1 is 0.727 bits per heavy atom. The van der Waals surface area contributed by atoms with Crippen LogP contribution in [0.5, 0.6) is 0 Å². The molecule has 7 N–H and O–H groups in total. The van der Waals surface area contributed by atoms with Crippen molar-refractivity contribution in [3.05, 3.63) is 0 Å². The monoisotopic (exact) mass is 941 g/mol. The number of unbranched alkanes of at least 4 members (excludes halogenated alkanes) is 18. The third-order valence-corrected chi connectivity index (χ3v) is 12.0. The molecule has 66 heavy (non-hydrogen) atoms. The Kier molecular flexibility index (Phi) is 32.8. The van der Waals surface area contributed by atoms with Gasteiger partial charge in [-0.3, -0.25) is 33.6 Å². The van der Waals surface area contributed by atoms with Crippen LogP contribution in [0.15, 0.2) is 0 Å². The number of Topliss-reactive ketones (excluding diaryl/α,β-unsaturated/α-hetero) is 1. The summed E-state index contributed by atoms with van der Waals surface area (Å²) in [4.78, 5) is 98.9. The Morgan fingerprint density at radius 3 is 1.83 bits per heavy atom. The number of ketones is 1. The maximum atomic E-state index is 13.5. The van der Waals surface area contributed by atoms with Crippen LogP contribution in [0.1, 0.15) is 188 Å². The molecule has 1 saturated heterocycles. The Balaban J connectivity index is 2.89. The molecule has 380 valence electrons. The van der Waals surface area contributed by atoms with Crippen molar-refractivity contribution in [2.45, 2.75) is 237 Å². The van der Waals surface area contributed by atoms with Gasteiger partial charge < -0.3 is 55.6 Å². The van der Waals surface area contributed by atoms with Crippen LogP contribution < -0.4 is 21.7 Å². The van der Waals surface area contributed by atoms with Gasteiger partial charge in [-0.05, 0) is 39.5 Å². The summed E-state index contributed by atoms with van der Waals surface area (Å²) < 4.78 is 21.6. The molecule has 0 spiro atoms. The van der Waals surface area contributed by atoms with E-state index in [1.54, 1.807) is 0 Å². The fourth-order valence-corrected chi connectivity index (χ4v) is 7.92. The number of aldehydes is 1. The zero-order valence-electron chi connectivity index (χ0n) is 40.5. The van der Waals surface area contributed by atoms with Crippen molar-refractivity contribution < 1.29 is 67.5 Å². The second-order valence-corrected chi connectivity index (χ2v) is 17.7. The number of amides is 4. The van der Waals surface area contributed by atoms with E-state index < -0.39 is 96.9 Å². The van der Waals surface area contributed by atoms with Crippen molar-refractivity contribution in [1.29, 1.82) is 0 Å². The van der Waals surface area contributed by atoms with Crippen LogP contribution >= 0.6 is 0 Å². The summed E-state index contributed by atoms with van der Waals surface area (Å²) >= 11 is 0. The van der Waals surface area contributed by atoms with Gasteiger partial charge in [0.25, 0.3) is 0 Å². The van der Waals surface area contributed by atoms with Crippen LogP contribution in [0.25, 0.3) is 0 Å². The van der Waals surface area contributed by atoms with Gasteiger partial charge in [-0.25, -0.2) is 0 Å². The van der Waals surface area contributed by atoms with Gasteiger partial charge in [-0.15, -0.1) is 0 Å². The van der Waals surface area contributed by atoms with E-state index in [2.05, 4.69) is 27.6 Å². The third-order valence-electron chi connectivity index (χ3n) is 12.0. The van der Waals surface area contributed by atoms with Crippen molar-refractivity contribution in [3.63, 3.8) is 0 Å². The Labute approximate surface area is 392 Å². The van der Waals surface area contributed by atoms with Crippen LogP contribution in [0.3, 0.4) is 0 Å². The molecule has 18 heteroatoms. The quantitative estimate of drug-likeness (QED) is 0.0277. The highest BCUT2D eigenvalue weighted by atomic mass is 16.6.